The summed E-state index contributed by atoms with van der Waals surface area (Å²) in [4.78, 5) is 0. The predicted octanol–water partition coefficient (Wildman–Crippen LogP) is 3.80. The Balaban J connectivity index is 2.09. The number of halogens is 1. The van der Waals surface area contributed by atoms with E-state index >= 15 is 0 Å². The molecule has 0 bridgehead atoms. The molecular weight excluding hydrogens is 252 g/mol. The molecule has 0 aliphatic heterocycles. The van der Waals surface area contributed by atoms with Crippen molar-refractivity contribution in [2.45, 2.75) is 19.4 Å². The molecule has 2 rings (SSSR count). The molecule has 1 atom stereocenters. The Labute approximate surface area is 111 Å². The standard InChI is InChI=1S/C14H15ClO3/c1-2-9-17-11-5-3-10(4-6-11)14(16)12-7-8-13(15)18-12/h3-8,14,16H,2,9H2,1H3. The summed E-state index contributed by atoms with van der Waals surface area (Å²) in [5, 5.41) is 10.3. The van der Waals surface area contributed by atoms with Gasteiger partial charge in [-0.25, -0.2) is 0 Å². The number of hydrogen-bond acceptors (Lipinski definition) is 3. The van der Waals surface area contributed by atoms with Gasteiger partial charge in [0.15, 0.2) is 5.22 Å². The van der Waals surface area contributed by atoms with Crippen LogP contribution in [-0.4, -0.2) is 11.7 Å². The van der Waals surface area contributed by atoms with Gasteiger partial charge < -0.3 is 14.3 Å². The highest BCUT2D eigenvalue weighted by atomic mass is 35.5. The fraction of sp³-hybridized carbons (Fsp3) is 0.286. The summed E-state index contributed by atoms with van der Waals surface area (Å²) < 4.78 is 10.7. The van der Waals surface area contributed by atoms with E-state index in [2.05, 4.69) is 6.92 Å². The van der Waals surface area contributed by atoms with Gasteiger partial charge in [-0.2, -0.15) is 0 Å². The molecule has 0 amide bonds. The second kappa shape index (κ2) is 5.94. The Morgan fingerprint density at radius 2 is 1.94 bits per heavy atom. The molecule has 1 heterocycles. The first-order chi connectivity index (χ1) is 8.70. The van der Waals surface area contributed by atoms with Crippen LogP contribution in [0.1, 0.15) is 30.8 Å². The van der Waals surface area contributed by atoms with Gasteiger partial charge in [-0.05, 0) is 47.9 Å². The van der Waals surface area contributed by atoms with Gasteiger partial charge >= 0.3 is 0 Å². The van der Waals surface area contributed by atoms with Gasteiger partial charge in [0.25, 0.3) is 0 Å². The Kier molecular flexibility index (Phi) is 4.28. The number of benzene rings is 1. The number of aliphatic hydroxyl groups excluding tert-OH is 1. The van der Waals surface area contributed by atoms with Crippen LogP contribution in [0.25, 0.3) is 0 Å². The van der Waals surface area contributed by atoms with Crippen LogP contribution < -0.4 is 4.74 Å². The summed E-state index contributed by atoms with van der Waals surface area (Å²) in [5.74, 6) is 1.23. The molecule has 1 unspecified atom stereocenters. The van der Waals surface area contributed by atoms with Crippen molar-refractivity contribution >= 4 is 11.6 Å². The van der Waals surface area contributed by atoms with E-state index < -0.39 is 6.10 Å². The van der Waals surface area contributed by atoms with Crippen LogP contribution in [0.4, 0.5) is 0 Å². The molecule has 0 radical (unpaired) electrons. The zero-order valence-electron chi connectivity index (χ0n) is 10.1. The average Bonchev–Trinajstić information content (AvgIpc) is 2.83. The number of hydrogen-bond donors (Lipinski definition) is 1. The Morgan fingerprint density at radius 1 is 1.22 bits per heavy atom. The molecule has 0 saturated carbocycles. The fourth-order valence-electron chi connectivity index (χ4n) is 1.61. The van der Waals surface area contributed by atoms with Gasteiger partial charge in [-0.1, -0.05) is 19.1 Å². The van der Waals surface area contributed by atoms with Crippen molar-refractivity contribution < 1.29 is 14.3 Å². The van der Waals surface area contributed by atoms with Crippen molar-refractivity contribution in [3.8, 4) is 5.75 Å². The lowest BCUT2D eigenvalue weighted by molar-refractivity contribution is 0.189. The molecule has 96 valence electrons. The van der Waals surface area contributed by atoms with Crippen LogP contribution in [0.3, 0.4) is 0 Å². The maximum atomic E-state index is 10.1. The molecule has 4 heteroatoms. The largest absolute Gasteiger partial charge is 0.494 e. The third kappa shape index (κ3) is 3.06. The summed E-state index contributed by atoms with van der Waals surface area (Å²) >= 11 is 5.68. The molecule has 0 aliphatic carbocycles. The topological polar surface area (TPSA) is 42.6 Å². The zero-order chi connectivity index (χ0) is 13.0. The second-order valence-corrected chi connectivity index (χ2v) is 4.33. The Morgan fingerprint density at radius 3 is 2.50 bits per heavy atom. The van der Waals surface area contributed by atoms with Crippen molar-refractivity contribution in [1.29, 1.82) is 0 Å². The summed E-state index contributed by atoms with van der Waals surface area (Å²) in [5.41, 5.74) is 0.741. The van der Waals surface area contributed by atoms with Crippen molar-refractivity contribution in [3.05, 3.63) is 52.9 Å². The summed E-state index contributed by atoms with van der Waals surface area (Å²) in [6, 6.07) is 10.6. The molecule has 2 aromatic rings. The van der Waals surface area contributed by atoms with Crippen molar-refractivity contribution in [1.82, 2.24) is 0 Å². The van der Waals surface area contributed by atoms with Gasteiger partial charge in [0, 0.05) is 0 Å². The molecule has 3 nitrogen and oxygen atoms in total. The summed E-state index contributed by atoms with van der Waals surface area (Å²) in [7, 11) is 0. The van der Waals surface area contributed by atoms with Gasteiger partial charge in [-0.15, -0.1) is 0 Å². The molecule has 0 fully saturated rings. The molecule has 0 saturated heterocycles. The van der Waals surface area contributed by atoms with Crippen LogP contribution >= 0.6 is 11.6 Å². The molecule has 0 aliphatic rings. The maximum Gasteiger partial charge on any atom is 0.193 e. The first-order valence-corrected chi connectivity index (χ1v) is 6.24. The quantitative estimate of drug-likeness (QED) is 0.895. The minimum atomic E-state index is -0.808. The Bertz CT molecular complexity index is 490. The number of furan rings is 1. The molecule has 0 spiro atoms. The second-order valence-electron chi connectivity index (χ2n) is 3.96. The molecule has 1 N–H and O–H groups in total. The van der Waals surface area contributed by atoms with Gasteiger partial charge in [0.2, 0.25) is 0 Å². The highest BCUT2D eigenvalue weighted by Gasteiger charge is 2.14. The normalized spacial score (nSPS) is 12.4. The van der Waals surface area contributed by atoms with Crippen LogP contribution in [0.2, 0.25) is 5.22 Å². The minimum absolute atomic E-state index is 0.270. The molecule has 1 aromatic heterocycles. The van der Waals surface area contributed by atoms with E-state index in [4.69, 9.17) is 20.8 Å². The van der Waals surface area contributed by atoms with E-state index in [9.17, 15) is 5.11 Å². The van der Waals surface area contributed by atoms with Gasteiger partial charge in [-0.3, -0.25) is 0 Å². The first kappa shape index (κ1) is 13.0. The fourth-order valence-corrected chi connectivity index (χ4v) is 1.76. The number of aliphatic hydroxyl groups is 1. The van der Waals surface area contributed by atoms with Gasteiger partial charge in [0.1, 0.15) is 17.6 Å². The van der Waals surface area contributed by atoms with E-state index in [1.165, 1.54) is 0 Å². The molecule has 18 heavy (non-hydrogen) atoms. The number of rotatable bonds is 5. The van der Waals surface area contributed by atoms with Crippen LogP contribution in [-0.2, 0) is 0 Å². The summed E-state index contributed by atoms with van der Waals surface area (Å²) in [6.45, 7) is 2.74. The zero-order valence-corrected chi connectivity index (χ0v) is 10.9. The minimum Gasteiger partial charge on any atom is -0.494 e. The van der Waals surface area contributed by atoms with E-state index in [1.807, 2.05) is 24.3 Å². The van der Waals surface area contributed by atoms with Crippen LogP contribution in [0.5, 0.6) is 5.75 Å². The molecular formula is C14H15ClO3. The van der Waals surface area contributed by atoms with E-state index in [1.54, 1.807) is 12.1 Å². The lowest BCUT2D eigenvalue weighted by atomic mass is 10.1. The highest BCUT2D eigenvalue weighted by molar-refractivity contribution is 6.28. The molecule has 1 aromatic carbocycles. The Hall–Kier alpha value is -1.45. The van der Waals surface area contributed by atoms with Crippen LogP contribution in [0.15, 0.2) is 40.8 Å². The highest BCUT2D eigenvalue weighted by Crippen LogP contribution is 2.26. The van der Waals surface area contributed by atoms with Crippen molar-refractivity contribution in [2.75, 3.05) is 6.61 Å². The van der Waals surface area contributed by atoms with Crippen molar-refractivity contribution in [2.24, 2.45) is 0 Å². The monoisotopic (exact) mass is 266 g/mol. The lowest BCUT2D eigenvalue weighted by Gasteiger charge is -2.09. The van der Waals surface area contributed by atoms with E-state index in [0.29, 0.717) is 12.4 Å². The van der Waals surface area contributed by atoms with Crippen LogP contribution in [0, 0.1) is 0 Å². The third-order valence-electron chi connectivity index (χ3n) is 2.53. The maximum absolute atomic E-state index is 10.1. The summed E-state index contributed by atoms with van der Waals surface area (Å²) in [6.07, 6.45) is 0.160. The van der Waals surface area contributed by atoms with Gasteiger partial charge in [0.05, 0.1) is 6.61 Å². The lowest BCUT2D eigenvalue weighted by Crippen LogP contribution is -1.99. The van der Waals surface area contributed by atoms with E-state index in [0.717, 1.165) is 17.7 Å². The smallest absolute Gasteiger partial charge is 0.193 e. The average molecular weight is 267 g/mol. The third-order valence-corrected chi connectivity index (χ3v) is 2.74. The first-order valence-electron chi connectivity index (χ1n) is 5.86. The predicted molar refractivity (Wildman–Crippen MR) is 70.0 cm³/mol. The van der Waals surface area contributed by atoms with E-state index in [-0.39, 0.29) is 5.22 Å². The SMILES string of the molecule is CCCOc1ccc(C(O)c2ccc(Cl)o2)cc1. The van der Waals surface area contributed by atoms with Crippen molar-refractivity contribution in [3.63, 3.8) is 0 Å². The number of ether oxygens (including phenoxy) is 1.